The number of anilines is 1. The number of nitrogens with two attached hydrogens (primary N) is 2. The first kappa shape index (κ1) is 13.8. The molecule has 1 aliphatic rings. The van der Waals surface area contributed by atoms with E-state index in [4.69, 9.17) is 11.5 Å². The number of primary amides is 1. The van der Waals surface area contributed by atoms with Gasteiger partial charge in [0.25, 0.3) is 0 Å². The normalized spacial score (nSPS) is 18.3. The van der Waals surface area contributed by atoms with Crippen molar-refractivity contribution in [2.75, 3.05) is 18.0 Å². The van der Waals surface area contributed by atoms with Gasteiger partial charge in [0.1, 0.15) is 5.82 Å². The molecule has 5 heteroatoms. The van der Waals surface area contributed by atoms with E-state index in [1.54, 1.807) is 6.20 Å². The molecule has 4 N–H and O–H groups in total. The van der Waals surface area contributed by atoms with Crippen LogP contribution in [0.4, 0.5) is 5.82 Å². The van der Waals surface area contributed by atoms with Crippen molar-refractivity contribution in [2.45, 2.75) is 32.2 Å². The molecule has 0 saturated carbocycles. The molecule has 2 rings (SSSR count). The Balaban J connectivity index is 2.03. The Hall–Kier alpha value is -1.62. The van der Waals surface area contributed by atoms with Gasteiger partial charge in [-0.15, -0.1) is 0 Å². The Morgan fingerprint density at radius 2 is 2.21 bits per heavy atom. The molecule has 1 atom stereocenters. The van der Waals surface area contributed by atoms with Gasteiger partial charge in [-0.3, -0.25) is 4.79 Å². The van der Waals surface area contributed by atoms with E-state index in [1.165, 1.54) is 0 Å². The average Bonchev–Trinajstić information content (AvgIpc) is 2.39. The van der Waals surface area contributed by atoms with Crippen LogP contribution >= 0.6 is 0 Å². The molecule has 0 spiro atoms. The highest BCUT2D eigenvalue weighted by atomic mass is 16.1. The number of rotatable bonds is 4. The summed E-state index contributed by atoms with van der Waals surface area (Å²) in [6, 6.07) is 3.93. The summed E-state index contributed by atoms with van der Waals surface area (Å²) in [6.07, 6.45) is 4.27. The molecule has 0 unspecified atom stereocenters. The van der Waals surface area contributed by atoms with Crippen molar-refractivity contribution < 1.29 is 4.79 Å². The van der Waals surface area contributed by atoms with E-state index in [0.29, 0.717) is 12.3 Å². The molecule has 0 radical (unpaired) electrons. The minimum absolute atomic E-state index is 0.0213. The van der Waals surface area contributed by atoms with Gasteiger partial charge in [-0.2, -0.15) is 0 Å². The van der Waals surface area contributed by atoms with Gasteiger partial charge in [0.15, 0.2) is 0 Å². The van der Waals surface area contributed by atoms with Gasteiger partial charge in [-0.05, 0) is 31.7 Å². The van der Waals surface area contributed by atoms with E-state index in [-0.39, 0.29) is 11.9 Å². The Labute approximate surface area is 114 Å². The number of hydrogen-bond acceptors (Lipinski definition) is 4. The van der Waals surface area contributed by atoms with Crippen molar-refractivity contribution in [3.63, 3.8) is 0 Å². The highest BCUT2D eigenvalue weighted by Gasteiger charge is 2.23. The van der Waals surface area contributed by atoms with Crippen LogP contribution < -0.4 is 16.4 Å². The minimum atomic E-state index is -0.201. The summed E-state index contributed by atoms with van der Waals surface area (Å²) in [5.74, 6) is 1.19. The zero-order valence-electron chi connectivity index (χ0n) is 11.4. The fourth-order valence-electron chi connectivity index (χ4n) is 2.66. The Kier molecular flexibility index (Phi) is 4.37. The van der Waals surface area contributed by atoms with E-state index >= 15 is 0 Å². The number of amides is 1. The molecule has 104 valence electrons. The Morgan fingerprint density at radius 1 is 1.53 bits per heavy atom. The molecule has 2 heterocycles. The molecule has 1 fully saturated rings. The van der Waals surface area contributed by atoms with Crippen molar-refractivity contribution in [2.24, 2.45) is 17.4 Å². The first-order chi connectivity index (χ1) is 9.08. The predicted molar refractivity (Wildman–Crippen MR) is 75.6 cm³/mol. The second kappa shape index (κ2) is 6.02. The fraction of sp³-hybridized carbons (Fsp3) is 0.571. The summed E-state index contributed by atoms with van der Waals surface area (Å²) in [5, 5.41) is 0. The zero-order chi connectivity index (χ0) is 13.8. The maximum atomic E-state index is 10.9. The van der Waals surface area contributed by atoms with Crippen LogP contribution in [-0.2, 0) is 4.79 Å². The van der Waals surface area contributed by atoms with Crippen molar-refractivity contribution >= 4 is 11.7 Å². The van der Waals surface area contributed by atoms with Gasteiger partial charge in [-0.1, -0.05) is 6.07 Å². The number of carbonyl (C=O) groups is 1. The zero-order valence-corrected chi connectivity index (χ0v) is 11.4. The van der Waals surface area contributed by atoms with Crippen LogP contribution in [0.2, 0.25) is 0 Å². The molecule has 19 heavy (non-hydrogen) atoms. The van der Waals surface area contributed by atoms with Crippen LogP contribution in [0.1, 0.15) is 37.8 Å². The van der Waals surface area contributed by atoms with Gasteiger partial charge in [0.05, 0.1) is 0 Å². The largest absolute Gasteiger partial charge is 0.370 e. The lowest BCUT2D eigenvalue weighted by molar-refractivity contribution is -0.119. The third-order valence-electron chi connectivity index (χ3n) is 3.71. The number of pyridine rings is 1. The van der Waals surface area contributed by atoms with Crippen molar-refractivity contribution in [3.05, 3.63) is 23.9 Å². The molecule has 0 aromatic carbocycles. The topological polar surface area (TPSA) is 85.2 Å². The summed E-state index contributed by atoms with van der Waals surface area (Å²) in [7, 11) is 0. The van der Waals surface area contributed by atoms with Crippen LogP contribution in [0.25, 0.3) is 0 Å². The Morgan fingerprint density at radius 3 is 2.79 bits per heavy atom. The molecule has 5 nitrogen and oxygen atoms in total. The lowest BCUT2D eigenvalue weighted by Crippen LogP contribution is -2.36. The van der Waals surface area contributed by atoms with Crippen LogP contribution in [0.15, 0.2) is 18.3 Å². The molecule has 1 aliphatic heterocycles. The van der Waals surface area contributed by atoms with E-state index in [2.05, 4.69) is 9.88 Å². The molecular weight excluding hydrogens is 240 g/mol. The molecule has 1 aromatic rings. The molecular formula is C14H22N4O. The van der Waals surface area contributed by atoms with Crippen LogP contribution in [0, 0.1) is 5.92 Å². The highest BCUT2D eigenvalue weighted by molar-refractivity contribution is 5.74. The van der Waals surface area contributed by atoms with Gasteiger partial charge in [-0.25, -0.2) is 4.98 Å². The summed E-state index contributed by atoms with van der Waals surface area (Å²) in [6.45, 7) is 3.80. The molecule has 0 aliphatic carbocycles. The van der Waals surface area contributed by atoms with Crippen molar-refractivity contribution in [1.82, 2.24) is 4.98 Å². The minimum Gasteiger partial charge on any atom is -0.370 e. The number of carbonyl (C=O) groups excluding carboxylic acids is 1. The SMILES string of the molecule is C[C@@H](N)c1cccnc1N1CCC(CC(N)=O)CC1. The van der Waals surface area contributed by atoms with E-state index < -0.39 is 0 Å². The summed E-state index contributed by atoms with van der Waals surface area (Å²) in [4.78, 5) is 17.7. The molecule has 1 aromatic heterocycles. The standard InChI is InChI=1S/C14H22N4O/c1-10(15)12-3-2-6-17-14(12)18-7-4-11(5-8-18)9-13(16)19/h2-3,6,10-11H,4-5,7-9,15H2,1H3,(H2,16,19)/t10-/m1/s1. The van der Waals surface area contributed by atoms with Gasteiger partial charge >= 0.3 is 0 Å². The monoisotopic (exact) mass is 262 g/mol. The summed E-state index contributed by atoms with van der Waals surface area (Å²) in [5.41, 5.74) is 12.3. The number of hydrogen-bond donors (Lipinski definition) is 2. The van der Waals surface area contributed by atoms with Crippen molar-refractivity contribution in [3.8, 4) is 0 Å². The molecule has 1 amide bonds. The number of aromatic nitrogens is 1. The van der Waals surface area contributed by atoms with Crippen LogP contribution in [0.3, 0.4) is 0 Å². The van der Waals surface area contributed by atoms with Gasteiger partial charge < -0.3 is 16.4 Å². The lowest BCUT2D eigenvalue weighted by atomic mass is 9.93. The fourth-order valence-corrected chi connectivity index (χ4v) is 2.66. The highest BCUT2D eigenvalue weighted by Crippen LogP contribution is 2.28. The van der Waals surface area contributed by atoms with Crippen LogP contribution in [0.5, 0.6) is 0 Å². The lowest BCUT2D eigenvalue weighted by Gasteiger charge is -2.33. The smallest absolute Gasteiger partial charge is 0.217 e. The first-order valence-corrected chi connectivity index (χ1v) is 6.81. The molecule has 0 bridgehead atoms. The summed E-state index contributed by atoms with van der Waals surface area (Å²) >= 11 is 0. The number of piperidine rings is 1. The van der Waals surface area contributed by atoms with Crippen LogP contribution in [-0.4, -0.2) is 24.0 Å². The second-order valence-electron chi connectivity index (χ2n) is 5.31. The third-order valence-corrected chi connectivity index (χ3v) is 3.71. The van der Waals surface area contributed by atoms with E-state index in [9.17, 15) is 4.79 Å². The maximum Gasteiger partial charge on any atom is 0.217 e. The Bertz CT molecular complexity index is 439. The third kappa shape index (κ3) is 3.44. The average molecular weight is 262 g/mol. The maximum absolute atomic E-state index is 10.9. The quantitative estimate of drug-likeness (QED) is 0.853. The van der Waals surface area contributed by atoms with E-state index in [0.717, 1.165) is 37.3 Å². The molecule has 1 saturated heterocycles. The van der Waals surface area contributed by atoms with Crippen molar-refractivity contribution in [1.29, 1.82) is 0 Å². The summed E-state index contributed by atoms with van der Waals surface area (Å²) < 4.78 is 0. The van der Waals surface area contributed by atoms with Gasteiger partial charge in [0.2, 0.25) is 5.91 Å². The van der Waals surface area contributed by atoms with Gasteiger partial charge in [0, 0.05) is 37.3 Å². The first-order valence-electron chi connectivity index (χ1n) is 6.81. The van der Waals surface area contributed by atoms with E-state index in [1.807, 2.05) is 19.1 Å². The second-order valence-corrected chi connectivity index (χ2v) is 5.31. The number of nitrogens with zero attached hydrogens (tertiary/aromatic N) is 2. The predicted octanol–water partition coefficient (Wildman–Crippen LogP) is 1.19.